The van der Waals surface area contributed by atoms with Crippen LogP contribution in [-0.4, -0.2) is 14.5 Å². The number of rotatable bonds is 3. The Bertz CT molecular complexity index is 810. The Hall–Kier alpha value is -1.53. The second-order valence-electron chi connectivity index (χ2n) is 4.44. The average molecular weight is 352 g/mol. The second kappa shape index (κ2) is 5.46. The van der Waals surface area contributed by atoms with Crippen molar-refractivity contribution in [1.29, 1.82) is 0 Å². The van der Waals surface area contributed by atoms with Gasteiger partial charge in [0, 0.05) is 30.9 Å². The topological polar surface area (TPSA) is 33.6 Å². The van der Waals surface area contributed by atoms with Crippen LogP contribution >= 0.6 is 28.1 Å². The van der Waals surface area contributed by atoms with Crippen LogP contribution in [0.25, 0.3) is 11.0 Å². The molecule has 0 atom stereocenters. The summed E-state index contributed by atoms with van der Waals surface area (Å²) in [6.45, 7) is 0.702. The molecule has 0 spiro atoms. The number of pyridine rings is 1. The highest BCUT2D eigenvalue weighted by Crippen LogP contribution is 2.23. The van der Waals surface area contributed by atoms with Gasteiger partial charge in [0.05, 0.1) is 15.5 Å². The van der Waals surface area contributed by atoms with E-state index in [-0.39, 0.29) is 5.82 Å². The van der Waals surface area contributed by atoms with E-state index >= 15 is 0 Å². The predicted octanol–water partition coefficient (Wildman–Crippen LogP) is 4.24. The molecule has 0 saturated carbocycles. The Morgan fingerprint density at radius 1 is 1.35 bits per heavy atom. The van der Waals surface area contributed by atoms with Gasteiger partial charge in [-0.15, -0.1) is 0 Å². The fourth-order valence-corrected chi connectivity index (χ4v) is 2.78. The largest absolute Gasteiger partial charge is 0.330 e. The summed E-state index contributed by atoms with van der Waals surface area (Å²) in [5, 5.41) is 0. The normalized spacial score (nSPS) is 11.1. The first kappa shape index (κ1) is 13.5. The molecule has 0 bridgehead atoms. The van der Waals surface area contributed by atoms with Crippen LogP contribution in [0, 0.1) is 10.6 Å². The lowest BCUT2D eigenvalue weighted by molar-refractivity contribution is 0.622. The molecule has 102 valence electrons. The van der Waals surface area contributed by atoms with Crippen molar-refractivity contribution in [3.63, 3.8) is 0 Å². The van der Waals surface area contributed by atoms with Gasteiger partial charge in [-0.25, -0.2) is 4.39 Å². The second-order valence-corrected chi connectivity index (χ2v) is 5.68. The minimum Gasteiger partial charge on any atom is -0.330 e. The molecule has 3 rings (SSSR count). The number of aryl methyl sites for hydroxylation is 2. The van der Waals surface area contributed by atoms with Crippen LogP contribution in [-0.2, 0) is 13.0 Å². The summed E-state index contributed by atoms with van der Waals surface area (Å²) in [4.78, 5) is 7.32. The van der Waals surface area contributed by atoms with Crippen LogP contribution in [0.4, 0.5) is 4.39 Å². The summed E-state index contributed by atoms with van der Waals surface area (Å²) in [6.07, 6.45) is 2.55. The quantitative estimate of drug-likeness (QED) is 0.716. The summed E-state index contributed by atoms with van der Waals surface area (Å²) in [6, 6.07) is 9.03. The van der Waals surface area contributed by atoms with Gasteiger partial charge in [0.1, 0.15) is 5.82 Å². The Balaban J connectivity index is 1.97. The van der Waals surface area contributed by atoms with Gasteiger partial charge in [-0.2, -0.15) is 0 Å². The van der Waals surface area contributed by atoms with E-state index in [1.807, 2.05) is 22.8 Å². The van der Waals surface area contributed by atoms with Gasteiger partial charge < -0.3 is 9.55 Å². The van der Waals surface area contributed by atoms with Crippen molar-refractivity contribution in [2.75, 3.05) is 0 Å². The van der Waals surface area contributed by atoms with Crippen molar-refractivity contribution >= 4 is 39.2 Å². The molecular formula is C14H11BrFN3S. The molecule has 0 fully saturated rings. The van der Waals surface area contributed by atoms with Gasteiger partial charge in [-0.1, -0.05) is 6.07 Å². The molecule has 2 heterocycles. The number of aromatic nitrogens is 3. The van der Waals surface area contributed by atoms with Gasteiger partial charge in [-0.05, 0) is 46.3 Å². The molecule has 0 aliphatic heterocycles. The predicted molar refractivity (Wildman–Crippen MR) is 82.7 cm³/mol. The lowest BCUT2D eigenvalue weighted by Crippen LogP contribution is -2.02. The maximum atomic E-state index is 13.5. The Labute approximate surface area is 128 Å². The number of H-pyrrole nitrogens is 1. The molecule has 20 heavy (non-hydrogen) atoms. The maximum Gasteiger partial charge on any atom is 0.178 e. The Morgan fingerprint density at radius 2 is 2.20 bits per heavy atom. The number of hydrogen-bond acceptors (Lipinski definition) is 2. The van der Waals surface area contributed by atoms with Crippen molar-refractivity contribution in [1.82, 2.24) is 14.5 Å². The molecule has 3 nitrogen and oxygen atoms in total. The molecule has 0 amide bonds. The van der Waals surface area contributed by atoms with E-state index in [1.54, 1.807) is 12.3 Å². The van der Waals surface area contributed by atoms with Crippen LogP contribution in [0.2, 0.25) is 0 Å². The van der Waals surface area contributed by atoms with Crippen LogP contribution in [0.3, 0.4) is 0 Å². The number of fused-ring (bicyclic) bond motifs is 1. The molecule has 0 unspecified atom stereocenters. The minimum absolute atomic E-state index is 0.300. The third-order valence-electron chi connectivity index (χ3n) is 3.13. The third kappa shape index (κ3) is 2.53. The van der Waals surface area contributed by atoms with Crippen molar-refractivity contribution in [2.45, 2.75) is 13.0 Å². The van der Waals surface area contributed by atoms with Crippen molar-refractivity contribution in [3.05, 3.63) is 57.3 Å². The van der Waals surface area contributed by atoms with Gasteiger partial charge in [0.25, 0.3) is 0 Å². The molecule has 6 heteroatoms. The smallest absolute Gasteiger partial charge is 0.178 e. The minimum atomic E-state index is -0.300. The van der Waals surface area contributed by atoms with Crippen LogP contribution in [0.5, 0.6) is 0 Å². The summed E-state index contributed by atoms with van der Waals surface area (Å²) >= 11 is 8.51. The molecule has 0 aliphatic carbocycles. The van der Waals surface area contributed by atoms with Gasteiger partial charge >= 0.3 is 0 Å². The van der Waals surface area contributed by atoms with Crippen LogP contribution in [0.15, 0.2) is 41.0 Å². The Morgan fingerprint density at radius 3 is 2.95 bits per heavy atom. The monoisotopic (exact) mass is 351 g/mol. The number of benzene rings is 1. The molecule has 2 aromatic heterocycles. The lowest BCUT2D eigenvalue weighted by atomic mass is 10.2. The summed E-state index contributed by atoms with van der Waals surface area (Å²) < 4.78 is 16.5. The van der Waals surface area contributed by atoms with E-state index in [0.717, 1.165) is 17.6 Å². The molecule has 0 saturated heterocycles. The zero-order valence-electron chi connectivity index (χ0n) is 10.4. The molecule has 0 radical (unpaired) electrons. The highest BCUT2D eigenvalue weighted by molar-refractivity contribution is 9.10. The zero-order chi connectivity index (χ0) is 14.1. The van der Waals surface area contributed by atoms with Crippen LogP contribution < -0.4 is 0 Å². The highest BCUT2D eigenvalue weighted by atomic mass is 79.9. The van der Waals surface area contributed by atoms with Crippen molar-refractivity contribution in [3.8, 4) is 0 Å². The van der Waals surface area contributed by atoms with Gasteiger partial charge in [0.2, 0.25) is 0 Å². The first-order chi connectivity index (χ1) is 9.65. The van der Waals surface area contributed by atoms with Crippen LogP contribution in [0.1, 0.15) is 5.69 Å². The maximum absolute atomic E-state index is 13.5. The lowest BCUT2D eigenvalue weighted by Gasteiger charge is -2.05. The number of nitrogens with one attached hydrogen (secondary N) is 1. The first-order valence-electron chi connectivity index (χ1n) is 6.12. The average Bonchev–Trinajstić information content (AvgIpc) is 2.73. The van der Waals surface area contributed by atoms with Crippen molar-refractivity contribution in [2.24, 2.45) is 0 Å². The number of aromatic amines is 1. The number of nitrogens with zero attached hydrogens (tertiary/aromatic N) is 2. The summed E-state index contributed by atoms with van der Waals surface area (Å²) in [7, 11) is 0. The van der Waals surface area contributed by atoms with E-state index < -0.39 is 0 Å². The van der Waals surface area contributed by atoms with E-state index in [0.29, 0.717) is 21.3 Å². The summed E-state index contributed by atoms with van der Waals surface area (Å²) in [5.74, 6) is -0.300. The van der Waals surface area contributed by atoms with Crippen molar-refractivity contribution < 1.29 is 4.39 Å². The number of hydrogen-bond donors (Lipinski definition) is 1. The zero-order valence-corrected chi connectivity index (χ0v) is 12.8. The number of halogens is 2. The fraction of sp³-hybridized carbons (Fsp3) is 0.143. The van der Waals surface area contributed by atoms with E-state index in [9.17, 15) is 4.39 Å². The van der Waals surface area contributed by atoms with E-state index in [1.165, 1.54) is 6.07 Å². The standard InChI is InChI=1S/C14H11BrFN3S/c15-10-7-13-12(8-11(10)16)18-14(20)19(13)6-4-9-3-1-2-5-17-9/h1-3,5,7-8H,4,6H2,(H,18,20). The van der Waals surface area contributed by atoms with E-state index in [4.69, 9.17) is 12.2 Å². The van der Waals surface area contributed by atoms with E-state index in [2.05, 4.69) is 25.9 Å². The number of imidazole rings is 1. The first-order valence-corrected chi connectivity index (χ1v) is 7.33. The molecule has 1 aromatic carbocycles. The van der Waals surface area contributed by atoms with Gasteiger partial charge in [-0.3, -0.25) is 4.98 Å². The fourth-order valence-electron chi connectivity index (χ4n) is 2.15. The van der Waals surface area contributed by atoms with Gasteiger partial charge in [0.15, 0.2) is 4.77 Å². The Kier molecular flexibility index (Phi) is 3.67. The summed E-state index contributed by atoms with van der Waals surface area (Å²) in [5.41, 5.74) is 2.60. The molecule has 1 N–H and O–H groups in total. The highest BCUT2D eigenvalue weighted by Gasteiger charge is 2.09. The third-order valence-corrected chi connectivity index (χ3v) is 4.06. The molecule has 3 aromatic rings. The molecular weight excluding hydrogens is 341 g/mol. The molecule has 0 aliphatic rings. The SMILES string of the molecule is Fc1cc2[nH]c(=S)n(CCc3ccccn3)c2cc1Br.